The van der Waals surface area contributed by atoms with Crippen LogP contribution in [-0.4, -0.2) is 116 Å². The van der Waals surface area contributed by atoms with E-state index >= 15 is 0 Å². The van der Waals surface area contributed by atoms with Crippen LogP contribution in [0.15, 0.2) is 29.4 Å². The first-order chi connectivity index (χ1) is 27.0. The van der Waals surface area contributed by atoms with Crippen molar-refractivity contribution in [3.63, 3.8) is 0 Å². The summed E-state index contributed by atoms with van der Waals surface area (Å²) in [6, 6.07) is -0.679. The summed E-state index contributed by atoms with van der Waals surface area (Å²) in [5, 5.41) is 61.9. The van der Waals surface area contributed by atoms with Crippen molar-refractivity contribution in [2.24, 2.45) is 73.1 Å². The van der Waals surface area contributed by atoms with Gasteiger partial charge >= 0.3 is 0 Å². The number of ether oxygens (including phenoxy) is 5. The average Bonchev–Trinajstić information content (AvgIpc) is 3.89. The Bertz CT molecular complexity index is 2030. The Kier molecular flexibility index (Phi) is 8.66. The van der Waals surface area contributed by atoms with E-state index in [0.29, 0.717) is 43.3 Å². The van der Waals surface area contributed by atoms with Gasteiger partial charge in [-0.05, 0) is 91.7 Å². The maximum Gasteiger partial charge on any atom is 0.213 e. The molecule has 6 heterocycles. The minimum atomic E-state index is -2.07. The molecular weight excluding hydrogens is 775 g/mol. The van der Waals surface area contributed by atoms with Gasteiger partial charge in [0.15, 0.2) is 17.4 Å². The van der Waals surface area contributed by atoms with Gasteiger partial charge in [0.2, 0.25) is 11.6 Å². The van der Waals surface area contributed by atoms with E-state index in [1.807, 2.05) is 13.8 Å². The topological polar surface area (TPSA) is 233 Å². The number of fused-ring (bicyclic) bond motifs is 4. The number of Topliss-reactive ketones (excluding diaryl/α,β-unsaturated/α-hetero) is 2. The average molecular weight is 840 g/mol. The molecule has 15 nitrogen and oxygen atoms in total. The molecule has 6 aliphatic heterocycles. The number of carbonyl (C=O) groups is 2. The van der Waals surface area contributed by atoms with Gasteiger partial charge in [-0.3, -0.25) is 9.59 Å². The molecule has 6 saturated heterocycles. The van der Waals surface area contributed by atoms with Crippen LogP contribution in [0.25, 0.3) is 10.4 Å². The smallest absolute Gasteiger partial charge is 0.213 e. The van der Waals surface area contributed by atoms with Crippen LogP contribution in [0, 0.1) is 68.0 Å². The summed E-state index contributed by atoms with van der Waals surface area (Å²) in [5.41, 5.74) is 4.96. The van der Waals surface area contributed by atoms with Gasteiger partial charge in [0.1, 0.15) is 23.0 Å². The van der Waals surface area contributed by atoms with Crippen LogP contribution in [-0.2, 0) is 33.3 Å². The minimum absolute atomic E-state index is 0. The Morgan fingerprint density at radius 2 is 1.28 bits per heavy atom. The Morgan fingerprint density at radius 1 is 0.717 bits per heavy atom. The van der Waals surface area contributed by atoms with Crippen molar-refractivity contribution in [3.05, 3.63) is 34.7 Å². The lowest BCUT2D eigenvalue weighted by Crippen LogP contribution is -2.89. The van der Waals surface area contributed by atoms with Crippen molar-refractivity contribution in [2.45, 2.75) is 161 Å². The monoisotopic (exact) mass is 839 g/mol. The first-order valence-corrected chi connectivity index (χ1v) is 21.3. The fraction of sp³-hybridized carbons (Fsp3) is 0.867. The number of epoxide rings is 1. The van der Waals surface area contributed by atoms with Crippen molar-refractivity contribution in [1.29, 1.82) is 0 Å². The lowest BCUT2D eigenvalue weighted by molar-refractivity contribution is -0.535. The lowest BCUT2D eigenvalue weighted by atomic mass is 9.35. The van der Waals surface area contributed by atoms with Crippen molar-refractivity contribution in [2.75, 3.05) is 13.2 Å². The molecule has 14 aliphatic rings. The molecule has 0 aromatic carbocycles. The Morgan fingerprint density at radius 3 is 1.95 bits per heavy atom. The molecule has 8 aliphatic carbocycles. The third kappa shape index (κ3) is 4.10. The van der Waals surface area contributed by atoms with Gasteiger partial charge in [0.05, 0.1) is 49.8 Å². The molecule has 5 N–H and O–H groups in total. The molecule has 14 fully saturated rings. The molecule has 8 bridgehead atoms. The number of nitrogens with zero attached hydrogens (tertiary/aromatic N) is 3. The Labute approximate surface area is 351 Å². The number of hydrogen-bond donors (Lipinski definition) is 5. The molecule has 20 atom stereocenters. The summed E-state index contributed by atoms with van der Waals surface area (Å²) in [7, 11) is 0. The molecule has 0 aromatic heterocycles. The van der Waals surface area contributed by atoms with Crippen molar-refractivity contribution < 1.29 is 58.8 Å². The van der Waals surface area contributed by atoms with Crippen LogP contribution in [0.5, 0.6) is 0 Å². The fourth-order valence-corrected chi connectivity index (χ4v) is 17.5. The first kappa shape index (κ1) is 43.0. The zero-order chi connectivity index (χ0) is 41.5. The molecule has 0 radical (unpaired) electrons. The van der Waals surface area contributed by atoms with Gasteiger partial charge in [0.25, 0.3) is 0 Å². The van der Waals surface area contributed by atoms with E-state index in [2.05, 4.69) is 37.0 Å². The van der Waals surface area contributed by atoms with Crippen molar-refractivity contribution in [3.8, 4) is 0 Å². The minimum Gasteiger partial charge on any atom is -0.392 e. The summed E-state index contributed by atoms with van der Waals surface area (Å²) < 4.78 is 31.3. The highest BCUT2D eigenvalue weighted by atomic mass is 16.8. The van der Waals surface area contributed by atoms with Crippen LogP contribution in [0.4, 0.5) is 0 Å². The highest BCUT2D eigenvalue weighted by molar-refractivity contribution is 6.06. The molecule has 0 aromatic rings. The van der Waals surface area contributed by atoms with Crippen LogP contribution in [0.2, 0.25) is 0 Å². The zero-order valence-corrected chi connectivity index (χ0v) is 34.1. The van der Waals surface area contributed by atoms with E-state index in [0.717, 1.165) is 6.42 Å². The SMILES string of the molecule is C.C.C=C1C(=O)[C@@]23[C@@H]4OC(C)(C)O[C@]25OC[C@]2([C@H](O)[C@@H](N=[N+]=[N-])CC(C)(C)[C@H]2[C@@H]5O)[C@@H]3CC[C@@H]14.C=C1C(=O)[C@]23[C@H](O)[C@H]1CC[C@H]2[C@@]12CO[C@]3(O)[C@@H](O)[C@@H]1C(C)(C)C[C@H]1O[C@H]12. The Balaban J connectivity index is 0.000000152. The number of aliphatic hydroxyl groups excluding tert-OH is 4. The highest BCUT2D eigenvalue weighted by Gasteiger charge is 2.91. The maximum absolute atomic E-state index is 14.0. The van der Waals surface area contributed by atoms with Gasteiger partial charge in [-0.1, -0.05) is 60.8 Å². The normalized spacial score (nSPS) is 57.7. The molecule has 332 valence electrons. The first-order valence-electron chi connectivity index (χ1n) is 21.3. The second kappa shape index (κ2) is 12.1. The van der Waals surface area contributed by atoms with Gasteiger partial charge in [-0.15, -0.1) is 0 Å². The summed E-state index contributed by atoms with van der Waals surface area (Å²) >= 11 is 0. The molecule has 15 heteroatoms. The molecular formula is C45H65N3O12. The highest BCUT2D eigenvalue weighted by Crippen LogP contribution is 2.81. The van der Waals surface area contributed by atoms with Gasteiger partial charge < -0.3 is 49.2 Å². The third-order valence-corrected chi connectivity index (χ3v) is 18.8. The predicted molar refractivity (Wildman–Crippen MR) is 213 cm³/mol. The fourth-order valence-electron chi connectivity index (χ4n) is 17.5. The Hall–Kier alpha value is -2.27. The standard InChI is InChI=1S/C23H31N3O6.C20H26O6.2CH4/c1-10-11-6-7-13-21-9-30-23(22(13,15(10)27)18(11)31-20(4,5)32-23)17(29)14(21)19(2,3)8-12(16(21)28)25-26-24;1-8-9-4-5-11-18-7-25-20(24,19(11,13(8)21)14(9)22)15(23)12(18)17(2,3)6-10-16(18)26-10;;/h11-14,16-18,28-29H,1,6-9H2,2-5H3;9-12,14-16,22-24H,1,4-7H2,2-3H3;2*1H4/t11-,12-,13-,14+,16+,17-,18+,21-,22-,23-;9-,10+,11-,12+,14+,15-,16+,18-,19-,20+;;/m00../s1. The van der Waals surface area contributed by atoms with Crippen LogP contribution in [0.3, 0.4) is 0 Å². The van der Waals surface area contributed by atoms with Crippen molar-refractivity contribution >= 4 is 11.6 Å². The summed E-state index contributed by atoms with van der Waals surface area (Å²) in [6.07, 6.45) is -1.05. The number of rotatable bonds is 1. The lowest BCUT2D eigenvalue weighted by Gasteiger charge is -2.78. The molecule has 5 spiro atoms. The molecule has 0 unspecified atom stereocenters. The van der Waals surface area contributed by atoms with Crippen LogP contribution < -0.4 is 0 Å². The van der Waals surface area contributed by atoms with E-state index in [4.69, 9.17) is 23.7 Å². The zero-order valence-electron chi connectivity index (χ0n) is 34.1. The van der Waals surface area contributed by atoms with E-state index in [1.54, 1.807) is 13.8 Å². The number of azide groups is 1. The van der Waals surface area contributed by atoms with Crippen molar-refractivity contribution in [1.82, 2.24) is 0 Å². The van der Waals surface area contributed by atoms with Crippen LogP contribution >= 0.6 is 0 Å². The second-order valence-corrected chi connectivity index (χ2v) is 22.1. The molecule has 14 rings (SSSR count). The second-order valence-electron chi connectivity index (χ2n) is 22.1. The third-order valence-electron chi connectivity index (χ3n) is 18.8. The van der Waals surface area contributed by atoms with E-state index < -0.39 is 86.9 Å². The van der Waals surface area contributed by atoms with E-state index in [9.17, 15) is 40.7 Å². The number of carbonyl (C=O) groups excluding carboxylic acids is 2. The van der Waals surface area contributed by atoms with E-state index in [1.165, 1.54) is 0 Å². The van der Waals surface area contributed by atoms with E-state index in [-0.39, 0.29) is 86.8 Å². The molecule has 0 amide bonds. The number of aliphatic hydroxyl groups is 5. The molecule has 8 saturated carbocycles. The number of ketones is 2. The molecule has 60 heavy (non-hydrogen) atoms. The summed E-state index contributed by atoms with van der Waals surface area (Å²) in [4.78, 5) is 30.4. The summed E-state index contributed by atoms with van der Waals surface area (Å²) in [6.45, 7) is 20.3. The van der Waals surface area contributed by atoms with Gasteiger partial charge in [-0.2, -0.15) is 0 Å². The number of hydrogen-bond acceptors (Lipinski definition) is 13. The van der Waals surface area contributed by atoms with Gasteiger partial charge in [-0.25, -0.2) is 0 Å². The predicted octanol–water partition coefficient (Wildman–Crippen LogP) is 4.13. The summed E-state index contributed by atoms with van der Waals surface area (Å²) in [5.74, 6) is -7.03. The largest absolute Gasteiger partial charge is 0.392 e. The quantitative estimate of drug-likeness (QED) is 0.0825. The van der Waals surface area contributed by atoms with Gasteiger partial charge in [0, 0.05) is 39.4 Å². The maximum atomic E-state index is 14.0. The van der Waals surface area contributed by atoms with Crippen LogP contribution in [0.1, 0.15) is 94.9 Å².